The molecule has 1 fully saturated rings. The summed E-state index contributed by atoms with van der Waals surface area (Å²) >= 11 is 5.02. The molecule has 0 radical (unpaired) electrons. The summed E-state index contributed by atoms with van der Waals surface area (Å²) in [6.07, 6.45) is -0.747. The molecule has 0 saturated carbocycles. The van der Waals surface area contributed by atoms with Crippen molar-refractivity contribution in [3.8, 4) is 0 Å². The summed E-state index contributed by atoms with van der Waals surface area (Å²) in [4.78, 5) is 46.7. The molecular formula is C26H28F3N3O8S. The number of benzene rings is 2. The number of halogens is 3. The molecule has 1 aliphatic rings. The van der Waals surface area contributed by atoms with E-state index in [4.69, 9.17) is 38.4 Å². The van der Waals surface area contributed by atoms with Crippen molar-refractivity contribution in [2.75, 3.05) is 25.0 Å². The second-order valence-electron chi connectivity index (χ2n) is 9.37. The number of carboxylic acid groups (broad SMARTS) is 3. The van der Waals surface area contributed by atoms with E-state index in [0.717, 1.165) is 38.1 Å². The molecule has 0 unspecified atom stereocenters. The zero-order chi connectivity index (χ0) is 31.1. The molecule has 1 heterocycles. The molecule has 1 aliphatic heterocycles. The molecule has 0 spiro atoms. The first kappa shape index (κ1) is 33.1. The lowest BCUT2D eigenvalue weighted by Gasteiger charge is -2.28. The number of carbonyl (C=O) groups excluding carboxylic acids is 1. The SMILES string of the molecule is CN1CCC(C(=O)c2cccc(N(C(N)=S)c3cc(F)c(F)c(F)c3)c2)CC1.O=C(O)CC(O)(CC(=O)O)C(=O)O. The van der Waals surface area contributed by atoms with Gasteiger partial charge in [-0.25, -0.2) is 18.0 Å². The zero-order valence-corrected chi connectivity index (χ0v) is 22.5. The first-order valence-corrected chi connectivity index (χ1v) is 12.4. The standard InChI is InChI=1S/C20H20F3N3OS.C6H8O7/c1-25-7-5-12(6-8-25)19(27)13-3-2-4-14(9-13)26(20(24)28)15-10-16(21)18(23)17(22)11-15;7-3(8)1-6(13,5(11)12)2-4(9)10/h2-4,9-12H,5-8H2,1H3,(H2,24,28);13H,1-2H2,(H,7,8)(H,9,10)(H,11,12). The molecule has 0 bridgehead atoms. The van der Waals surface area contributed by atoms with Crippen LogP contribution in [-0.4, -0.2) is 79.9 Å². The van der Waals surface area contributed by atoms with Crippen LogP contribution in [0.3, 0.4) is 0 Å². The number of thiocarbonyl (C=S) groups is 1. The van der Waals surface area contributed by atoms with E-state index in [1.165, 1.54) is 4.90 Å². The van der Waals surface area contributed by atoms with Crippen molar-refractivity contribution in [1.82, 2.24) is 4.90 Å². The van der Waals surface area contributed by atoms with Gasteiger partial charge in [-0.2, -0.15) is 0 Å². The number of anilines is 2. The number of carboxylic acids is 3. The molecule has 0 aromatic heterocycles. The van der Waals surface area contributed by atoms with Crippen molar-refractivity contribution in [2.45, 2.75) is 31.3 Å². The number of aliphatic hydroxyl groups is 1. The van der Waals surface area contributed by atoms with Gasteiger partial charge in [-0.1, -0.05) is 12.1 Å². The number of hydrogen-bond acceptors (Lipinski definition) is 7. The van der Waals surface area contributed by atoms with Crippen LogP contribution in [0.15, 0.2) is 36.4 Å². The monoisotopic (exact) mass is 599 g/mol. The number of rotatable bonds is 9. The topological polar surface area (TPSA) is 182 Å². The van der Waals surface area contributed by atoms with Gasteiger partial charge in [0.15, 0.2) is 33.9 Å². The molecule has 0 atom stereocenters. The van der Waals surface area contributed by atoms with Gasteiger partial charge in [-0.15, -0.1) is 0 Å². The fraction of sp³-hybridized carbons (Fsp3) is 0.346. The van der Waals surface area contributed by atoms with Gasteiger partial charge in [0, 0.05) is 29.3 Å². The van der Waals surface area contributed by atoms with E-state index in [-0.39, 0.29) is 22.5 Å². The lowest BCUT2D eigenvalue weighted by atomic mass is 9.89. The Morgan fingerprint density at radius 1 is 0.976 bits per heavy atom. The average molecular weight is 600 g/mol. The molecule has 0 aliphatic carbocycles. The first-order valence-electron chi connectivity index (χ1n) is 12.0. The maximum Gasteiger partial charge on any atom is 0.336 e. The van der Waals surface area contributed by atoms with Crippen LogP contribution in [0.4, 0.5) is 24.5 Å². The predicted octanol–water partition coefficient (Wildman–Crippen LogP) is 2.76. The van der Waals surface area contributed by atoms with Gasteiger partial charge < -0.3 is 31.1 Å². The number of aliphatic carboxylic acids is 3. The van der Waals surface area contributed by atoms with Crippen LogP contribution in [0.1, 0.15) is 36.0 Å². The number of nitrogens with zero attached hydrogens (tertiary/aromatic N) is 2. The maximum absolute atomic E-state index is 13.7. The van der Waals surface area contributed by atoms with E-state index >= 15 is 0 Å². The van der Waals surface area contributed by atoms with Crippen LogP contribution in [0, 0.1) is 23.4 Å². The molecule has 6 N–H and O–H groups in total. The minimum absolute atomic E-state index is 0.00862. The van der Waals surface area contributed by atoms with Crippen molar-refractivity contribution < 1.29 is 52.8 Å². The molecule has 222 valence electrons. The minimum Gasteiger partial charge on any atom is -0.481 e. The van der Waals surface area contributed by atoms with Crippen LogP contribution < -0.4 is 10.6 Å². The molecule has 1 saturated heterocycles. The van der Waals surface area contributed by atoms with E-state index in [0.29, 0.717) is 11.3 Å². The van der Waals surface area contributed by atoms with E-state index < -0.39 is 53.8 Å². The van der Waals surface area contributed by atoms with E-state index in [1.807, 2.05) is 7.05 Å². The fourth-order valence-electron chi connectivity index (χ4n) is 4.09. The van der Waals surface area contributed by atoms with Crippen molar-refractivity contribution in [3.05, 3.63) is 59.4 Å². The maximum atomic E-state index is 13.7. The van der Waals surface area contributed by atoms with Crippen LogP contribution in [0.2, 0.25) is 0 Å². The van der Waals surface area contributed by atoms with Gasteiger partial charge in [0.25, 0.3) is 0 Å². The lowest BCUT2D eigenvalue weighted by molar-refractivity contribution is -0.170. The lowest BCUT2D eigenvalue weighted by Crippen LogP contribution is -2.42. The first-order chi connectivity index (χ1) is 19.1. The third-order valence-electron chi connectivity index (χ3n) is 6.21. The van der Waals surface area contributed by atoms with Crippen molar-refractivity contribution >= 4 is 52.4 Å². The molecule has 3 rings (SSSR count). The Balaban J connectivity index is 0.000000383. The van der Waals surface area contributed by atoms with Crippen LogP contribution in [0.5, 0.6) is 0 Å². The second-order valence-corrected chi connectivity index (χ2v) is 9.79. The second kappa shape index (κ2) is 14.0. The molecule has 41 heavy (non-hydrogen) atoms. The highest BCUT2D eigenvalue weighted by atomic mass is 32.1. The van der Waals surface area contributed by atoms with E-state index in [1.54, 1.807) is 24.3 Å². The Morgan fingerprint density at radius 2 is 1.49 bits per heavy atom. The van der Waals surface area contributed by atoms with Crippen molar-refractivity contribution in [1.29, 1.82) is 0 Å². The molecule has 11 nitrogen and oxygen atoms in total. The van der Waals surface area contributed by atoms with Crippen LogP contribution in [0.25, 0.3) is 0 Å². The van der Waals surface area contributed by atoms with Gasteiger partial charge in [0.2, 0.25) is 0 Å². The Hall–Kier alpha value is -4.08. The summed E-state index contributed by atoms with van der Waals surface area (Å²) in [6.45, 7) is 1.70. The Kier molecular flexibility index (Phi) is 11.3. The third kappa shape index (κ3) is 8.96. The number of nitrogens with two attached hydrogens (primary N) is 1. The molecular weight excluding hydrogens is 571 g/mol. The Labute approximate surface area is 237 Å². The van der Waals surface area contributed by atoms with Crippen molar-refractivity contribution in [2.24, 2.45) is 11.7 Å². The van der Waals surface area contributed by atoms with Gasteiger partial charge in [-0.05, 0) is 57.3 Å². The fourth-order valence-corrected chi connectivity index (χ4v) is 4.30. The molecule has 15 heteroatoms. The summed E-state index contributed by atoms with van der Waals surface area (Å²) < 4.78 is 40.7. The highest BCUT2D eigenvalue weighted by Crippen LogP contribution is 2.30. The molecule has 2 aromatic rings. The highest BCUT2D eigenvalue weighted by Gasteiger charge is 2.40. The van der Waals surface area contributed by atoms with Gasteiger partial charge in [0.1, 0.15) is 0 Å². The van der Waals surface area contributed by atoms with E-state index in [9.17, 15) is 32.3 Å². The van der Waals surface area contributed by atoms with Crippen LogP contribution >= 0.6 is 12.2 Å². The van der Waals surface area contributed by atoms with Crippen molar-refractivity contribution in [3.63, 3.8) is 0 Å². The van der Waals surface area contributed by atoms with Gasteiger partial charge >= 0.3 is 17.9 Å². The Bertz CT molecular complexity index is 1300. The normalized spacial score (nSPS) is 14.0. The summed E-state index contributed by atoms with van der Waals surface area (Å²) in [5.74, 6) is -9.36. The average Bonchev–Trinajstić information content (AvgIpc) is 2.86. The summed E-state index contributed by atoms with van der Waals surface area (Å²) in [5.41, 5.74) is 3.79. The zero-order valence-electron chi connectivity index (χ0n) is 21.7. The number of carbonyl (C=O) groups is 4. The summed E-state index contributed by atoms with van der Waals surface area (Å²) in [5, 5.41) is 33.6. The number of piperidine rings is 1. The largest absolute Gasteiger partial charge is 0.481 e. The van der Waals surface area contributed by atoms with Gasteiger partial charge in [0.05, 0.1) is 18.5 Å². The predicted molar refractivity (Wildman–Crippen MR) is 143 cm³/mol. The molecule has 2 aromatic carbocycles. The van der Waals surface area contributed by atoms with E-state index in [2.05, 4.69) is 4.90 Å². The smallest absolute Gasteiger partial charge is 0.336 e. The minimum atomic E-state index is -2.74. The summed E-state index contributed by atoms with van der Waals surface area (Å²) in [6, 6.07) is 8.15. The quantitative estimate of drug-likeness (QED) is 0.162. The van der Waals surface area contributed by atoms with Crippen LogP contribution in [-0.2, 0) is 14.4 Å². The molecule has 0 amide bonds. The number of likely N-dealkylation sites (tertiary alicyclic amines) is 1. The number of ketones is 1. The third-order valence-corrected chi connectivity index (χ3v) is 6.39. The highest BCUT2D eigenvalue weighted by molar-refractivity contribution is 7.80. The Morgan fingerprint density at radius 3 is 1.93 bits per heavy atom. The summed E-state index contributed by atoms with van der Waals surface area (Å²) in [7, 11) is 2.02. The van der Waals surface area contributed by atoms with Gasteiger partial charge in [-0.3, -0.25) is 19.3 Å². The number of Topliss-reactive ketones (excluding diaryl/α,β-unsaturated/α-hetero) is 1. The number of hydrogen-bond donors (Lipinski definition) is 5.